The summed E-state index contributed by atoms with van der Waals surface area (Å²) < 4.78 is 0. The highest BCUT2D eigenvalue weighted by molar-refractivity contribution is 5.75. The lowest BCUT2D eigenvalue weighted by Gasteiger charge is -2.34. The Hall–Kier alpha value is -0.530. The molecule has 0 aromatic heterocycles. The van der Waals surface area contributed by atoms with E-state index in [9.17, 15) is 4.79 Å². The molecule has 0 spiro atoms. The molecular formula is C10H19NO. The van der Waals surface area contributed by atoms with Crippen molar-refractivity contribution in [2.75, 3.05) is 14.1 Å². The van der Waals surface area contributed by atoms with E-state index in [0.717, 1.165) is 12.3 Å². The summed E-state index contributed by atoms with van der Waals surface area (Å²) in [6, 6.07) is 0. The first kappa shape index (κ1) is 9.56. The molecule has 0 aromatic rings. The molecule has 0 unspecified atom stereocenters. The molecule has 70 valence electrons. The summed E-state index contributed by atoms with van der Waals surface area (Å²) in [5.41, 5.74) is 0. The van der Waals surface area contributed by atoms with Crippen molar-refractivity contribution in [2.24, 2.45) is 11.8 Å². The maximum atomic E-state index is 11.3. The van der Waals surface area contributed by atoms with Gasteiger partial charge < -0.3 is 4.90 Å². The Kier molecular flexibility index (Phi) is 3.12. The third-order valence-electron chi connectivity index (χ3n) is 2.87. The number of hydrogen-bond donors (Lipinski definition) is 0. The van der Waals surface area contributed by atoms with E-state index in [-0.39, 0.29) is 5.91 Å². The molecule has 0 N–H and O–H groups in total. The number of carbonyl (C=O) groups is 1. The zero-order valence-corrected chi connectivity index (χ0v) is 8.34. The van der Waals surface area contributed by atoms with Gasteiger partial charge in [-0.2, -0.15) is 0 Å². The van der Waals surface area contributed by atoms with Crippen LogP contribution in [0.15, 0.2) is 0 Å². The molecule has 12 heavy (non-hydrogen) atoms. The Bertz CT molecular complexity index is 159. The summed E-state index contributed by atoms with van der Waals surface area (Å²) in [4.78, 5) is 13.0. The molecule has 1 rings (SSSR count). The van der Waals surface area contributed by atoms with Crippen molar-refractivity contribution >= 4 is 5.91 Å². The Morgan fingerprint density at radius 3 is 2.33 bits per heavy atom. The average Bonchev–Trinajstić information content (AvgIpc) is 1.94. The predicted octanol–water partition coefficient (Wildman–Crippen LogP) is 1.90. The first-order valence-electron chi connectivity index (χ1n) is 4.83. The Balaban J connectivity index is 2.14. The van der Waals surface area contributed by atoms with E-state index in [1.54, 1.807) is 4.90 Å². The zero-order chi connectivity index (χ0) is 9.14. The molecule has 0 bridgehead atoms. The second kappa shape index (κ2) is 3.92. The van der Waals surface area contributed by atoms with E-state index in [1.165, 1.54) is 19.3 Å². The maximum Gasteiger partial charge on any atom is 0.222 e. The number of rotatable bonds is 3. The van der Waals surface area contributed by atoms with Crippen LogP contribution < -0.4 is 0 Å². The fraction of sp³-hybridized carbons (Fsp3) is 0.900. The fourth-order valence-corrected chi connectivity index (χ4v) is 1.80. The van der Waals surface area contributed by atoms with Gasteiger partial charge in [-0.1, -0.05) is 13.3 Å². The first-order chi connectivity index (χ1) is 5.63. The van der Waals surface area contributed by atoms with Crippen LogP contribution in [0.25, 0.3) is 0 Å². The van der Waals surface area contributed by atoms with Crippen molar-refractivity contribution in [3.05, 3.63) is 0 Å². The van der Waals surface area contributed by atoms with Gasteiger partial charge in [0.15, 0.2) is 0 Å². The van der Waals surface area contributed by atoms with Crippen LogP contribution in [0.4, 0.5) is 0 Å². The Morgan fingerprint density at radius 1 is 1.33 bits per heavy atom. The Labute approximate surface area is 74.9 Å². The van der Waals surface area contributed by atoms with Crippen LogP contribution in [0.5, 0.6) is 0 Å². The molecule has 0 aromatic carbocycles. The molecule has 0 atom stereocenters. The second-order valence-corrected chi connectivity index (χ2v) is 4.10. The minimum Gasteiger partial charge on any atom is -0.349 e. The summed E-state index contributed by atoms with van der Waals surface area (Å²) in [6.45, 7) is 2.23. The highest BCUT2D eigenvalue weighted by Gasteiger charge is 2.29. The van der Waals surface area contributed by atoms with Crippen LogP contribution in [0.2, 0.25) is 0 Å². The minimum absolute atomic E-state index is 0.287. The van der Waals surface area contributed by atoms with Gasteiger partial charge in [-0.3, -0.25) is 4.79 Å². The molecule has 1 amide bonds. The topological polar surface area (TPSA) is 20.3 Å². The number of hydrogen-bond acceptors (Lipinski definition) is 1. The lowest BCUT2D eigenvalue weighted by molar-refractivity contribution is -0.130. The normalized spacial score (nSPS) is 27.9. The summed E-state index contributed by atoms with van der Waals surface area (Å²) in [6.07, 6.45) is 4.60. The number of carbonyl (C=O) groups excluding carboxylic acids is 1. The van der Waals surface area contributed by atoms with Gasteiger partial charge in [0.1, 0.15) is 0 Å². The summed E-state index contributed by atoms with van der Waals surface area (Å²) >= 11 is 0. The predicted molar refractivity (Wildman–Crippen MR) is 49.8 cm³/mol. The van der Waals surface area contributed by atoms with Crippen molar-refractivity contribution < 1.29 is 4.79 Å². The van der Waals surface area contributed by atoms with Crippen molar-refractivity contribution in [1.29, 1.82) is 0 Å². The van der Waals surface area contributed by atoms with E-state index in [2.05, 4.69) is 6.92 Å². The molecule has 1 fully saturated rings. The quantitative estimate of drug-likeness (QED) is 0.632. The van der Waals surface area contributed by atoms with Crippen LogP contribution in [-0.4, -0.2) is 24.9 Å². The van der Waals surface area contributed by atoms with Crippen molar-refractivity contribution in [3.8, 4) is 0 Å². The monoisotopic (exact) mass is 169 g/mol. The van der Waals surface area contributed by atoms with Crippen LogP contribution in [-0.2, 0) is 4.79 Å². The Morgan fingerprint density at radius 2 is 1.92 bits per heavy atom. The second-order valence-electron chi connectivity index (χ2n) is 4.10. The van der Waals surface area contributed by atoms with Gasteiger partial charge in [0.2, 0.25) is 5.91 Å². The lowest BCUT2D eigenvalue weighted by atomic mass is 9.72. The third kappa shape index (κ3) is 2.23. The third-order valence-corrected chi connectivity index (χ3v) is 2.87. The standard InChI is InChI=1S/C10H19NO/c1-4-8-5-9(6-8)7-10(12)11(2)3/h8-9H,4-7H2,1-3H3. The van der Waals surface area contributed by atoms with Crippen molar-refractivity contribution in [2.45, 2.75) is 32.6 Å². The molecule has 0 aliphatic heterocycles. The molecule has 1 aliphatic carbocycles. The molecule has 2 heteroatoms. The molecule has 1 saturated carbocycles. The molecule has 0 saturated heterocycles. The largest absolute Gasteiger partial charge is 0.349 e. The van der Waals surface area contributed by atoms with Gasteiger partial charge in [-0.05, 0) is 24.7 Å². The van der Waals surface area contributed by atoms with Crippen molar-refractivity contribution in [3.63, 3.8) is 0 Å². The molecule has 0 heterocycles. The first-order valence-corrected chi connectivity index (χ1v) is 4.83. The minimum atomic E-state index is 0.287. The van der Waals surface area contributed by atoms with Gasteiger partial charge in [0.25, 0.3) is 0 Å². The average molecular weight is 169 g/mol. The van der Waals surface area contributed by atoms with Crippen molar-refractivity contribution in [1.82, 2.24) is 4.90 Å². The summed E-state index contributed by atoms with van der Waals surface area (Å²) in [7, 11) is 3.66. The summed E-state index contributed by atoms with van der Waals surface area (Å²) in [5, 5.41) is 0. The molecule has 2 nitrogen and oxygen atoms in total. The highest BCUT2D eigenvalue weighted by Crippen LogP contribution is 2.38. The van der Waals surface area contributed by atoms with Gasteiger partial charge in [-0.25, -0.2) is 0 Å². The summed E-state index contributed by atoms with van der Waals surface area (Å²) in [5.74, 6) is 1.88. The van der Waals surface area contributed by atoms with Crippen LogP contribution in [0.1, 0.15) is 32.6 Å². The van der Waals surface area contributed by atoms with Crippen LogP contribution in [0.3, 0.4) is 0 Å². The van der Waals surface area contributed by atoms with Gasteiger partial charge in [-0.15, -0.1) is 0 Å². The molecule has 0 radical (unpaired) electrons. The lowest BCUT2D eigenvalue weighted by Crippen LogP contribution is -2.30. The van der Waals surface area contributed by atoms with Crippen LogP contribution in [0, 0.1) is 11.8 Å². The number of nitrogens with zero attached hydrogens (tertiary/aromatic N) is 1. The van der Waals surface area contributed by atoms with E-state index >= 15 is 0 Å². The highest BCUT2D eigenvalue weighted by atomic mass is 16.2. The molecular weight excluding hydrogens is 150 g/mol. The van der Waals surface area contributed by atoms with E-state index < -0.39 is 0 Å². The van der Waals surface area contributed by atoms with Gasteiger partial charge in [0.05, 0.1) is 0 Å². The van der Waals surface area contributed by atoms with E-state index in [0.29, 0.717) is 5.92 Å². The van der Waals surface area contributed by atoms with Crippen LogP contribution >= 0.6 is 0 Å². The molecule has 1 aliphatic rings. The van der Waals surface area contributed by atoms with Gasteiger partial charge in [0, 0.05) is 20.5 Å². The number of amides is 1. The van der Waals surface area contributed by atoms with E-state index in [1.807, 2.05) is 14.1 Å². The SMILES string of the molecule is CCC1CC(CC(=O)N(C)C)C1. The smallest absolute Gasteiger partial charge is 0.222 e. The maximum absolute atomic E-state index is 11.3. The zero-order valence-electron chi connectivity index (χ0n) is 8.34. The fourth-order valence-electron chi connectivity index (χ4n) is 1.80. The van der Waals surface area contributed by atoms with Gasteiger partial charge >= 0.3 is 0 Å². The van der Waals surface area contributed by atoms with E-state index in [4.69, 9.17) is 0 Å².